The number of nitrogens with zero attached hydrogens (tertiary/aromatic N) is 2. The topological polar surface area (TPSA) is 79.4 Å². The van der Waals surface area contributed by atoms with Crippen molar-refractivity contribution in [2.75, 3.05) is 4.90 Å². The minimum absolute atomic E-state index is 0.0751. The first kappa shape index (κ1) is 13.2. The predicted octanol–water partition coefficient (Wildman–Crippen LogP) is 1.81. The molecule has 1 aliphatic heterocycles. The summed E-state index contributed by atoms with van der Waals surface area (Å²) in [6.45, 7) is 0. The van der Waals surface area contributed by atoms with Gasteiger partial charge < -0.3 is 0 Å². The van der Waals surface area contributed by atoms with Gasteiger partial charge in [-0.3, -0.25) is 19.9 Å². The normalized spacial score (nSPS) is 17.2. The van der Waals surface area contributed by atoms with E-state index in [0.717, 1.165) is 9.78 Å². The van der Waals surface area contributed by atoms with Crippen molar-refractivity contribution < 1.29 is 14.4 Å². The Morgan fingerprint density at radius 1 is 1.14 bits per heavy atom. The maximum atomic E-state index is 12.4. The van der Waals surface area contributed by atoms with E-state index in [4.69, 9.17) is 0 Å². The number of thiophene rings is 1. The van der Waals surface area contributed by atoms with Crippen LogP contribution < -0.4 is 10.2 Å². The fourth-order valence-electron chi connectivity index (χ4n) is 1.90. The van der Waals surface area contributed by atoms with Crippen molar-refractivity contribution in [3.05, 3.63) is 52.5 Å². The largest absolute Gasteiger partial charge is 0.335 e. The summed E-state index contributed by atoms with van der Waals surface area (Å²) in [4.78, 5) is 41.7. The van der Waals surface area contributed by atoms with E-state index in [1.807, 2.05) is 11.4 Å². The second-order valence-electron chi connectivity index (χ2n) is 4.18. The molecule has 1 fully saturated rings. The molecule has 0 bridgehead atoms. The Morgan fingerprint density at radius 3 is 2.57 bits per heavy atom. The molecule has 6 nitrogen and oxygen atoms in total. The van der Waals surface area contributed by atoms with E-state index in [9.17, 15) is 14.4 Å². The molecule has 1 saturated heterocycles. The number of carbonyl (C=O) groups is 3. The van der Waals surface area contributed by atoms with Crippen LogP contribution in [0.4, 0.5) is 10.5 Å². The Kier molecular flexibility index (Phi) is 3.33. The van der Waals surface area contributed by atoms with Crippen molar-refractivity contribution in [3.8, 4) is 0 Å². The van der Waals surface area contributed by atoms with Crippen molar-refractivity contribution in [2.24, 2.45) is 0 Å². The van der Waals surface area contributed by atoms with E-state index >= 15 is 0 Å². The van der Waals surface area contributed by atoms with E-state index in [2.05, 4.69) is 10.3 Å². The highest BCUT2D eigenvalue weighted by molar-refractivity contribution is 7.10. The van der Waals surface area contributed by atoms with Gasteiger partial charge in [0.25, 0.3) is 11.8 Å². The van der Waals surface area contributed by atoms with Crippen molar-refractivity contribution in [2.45, 2.75) is 0 Å². The van der Waals surface area contributed by atoms with Crippen LogP contribution in [-0.2, 0) is 9.59 Å². The molecule has 2 aromatic rings. The third-order valence-corrected chi connectivity index (χ3v) is 3.67. The van der Waals surface area contributed by atoms with Gasteiger partial charge in [-0.05, 0) is 29.7 Å². The number of urea groups is 1. The molecular formula is C14H9N3O3S. The molecular weight excluding hydrogens is 290 g/mol. The summed E-state index contributed by atoms with van der Waals surface area (Å²) >= 11 is 1.40. The zero-order valence-electron chi connectivity index (χ0n) is 10.6. The lowest BCUT2D eigenvalue weighted by Crippen LogP contribution is -2.54. The number of barbiturate groups is 1. The number of hydrogen-bond donors (Lipinski definition) is 1. The number of pyridine rings is 1. The van der Waals surface area contributed by atoms with E-state index in [-0.39, 0.29) is 5.57 Å². The van der Waals surface area contributed by atoms with Crippen LogP contribution in [0.5, 0.6) is 0 Å². The quantitative estimate of drug-likeness (QED) is 0.677. The zero-order chi connectivity index (χ0) is 14.8. The number of amides is 4. The minimum Gasteiger partial charge on any atom is -0.273 e. The van der Waals surface area contributed by atoms with Gasteiger partial charge >= 0.3 is 6.03 Å². The van der Waals surface area contributed by atoms with E-state index in [1.165, 1.54) is 41.9 Å². The summed E-state index contributed by atoms with van der Waals surface area (Å²) in [5.74, 6) is -1.34. The smallest absolute Gasteiger partial charge is 0.273 e. The first-order valence-corrected chi connectivity index (χ1v) is 6.90. The number of rotatable bonds is 2. The van der Waals surface area contributed by atoms with Gasteiger partial charge in [0.2, 0.25) is 0 Å². The predicted molar refractivity (Wildman–Crippen MR) is 77.6 cm³/mol. The van der Waals surface area contributed by atoms with Crippen LogP contribution >= 0.6 is 11.3 Å². The van der Waals surface area contributed by atoms with E-state index in [1.54, 1.807) is 6.07 Å². The van der Waals surface area contributed by atoms with Crippen LogP contribution in [0.15, 0.2) is 47.6 Å². The monoisotopic (exact) mass is 299 g/mol. The number of nitrogens with one attached hydrogen (secondary N) is 1. The van der Waals surface area contributed by atoms with E-state index in [0.29, 0.717) is 5.69 Å². The second-order valence-corrected chi connectivity index (χ2v) is 5.16. The first-order chi connectivity index (χ1) is 10.2. The third kappa shape index (κ3) is 2.46. The molecule has 0 saturated carbocycles. The molecule has 1 N–H and O–H groups in total. The van der Waals surface area contributed by atoms with Gasteiger partial charge in [0, 0.05) is 17.3 Å². The van der Waals surface area contributed by atoms with Crippen LogP contribution in [0.2, 0.25) is 0 Å². The molecule has 3 heterocycles. The first-order valence-electron chi connectivity index (χ1n) is 6.02. The summed E-state index contributed by atoms with van der Waals surface area (Å²) in [5.41, 5.74) is 0.283. The molecule has 21 heavy (non-hydrogen) atoms. The van der Waals surface area contributed by atoms with E-state index < -0.39 is 17.8 Å². The van der Waals surface area contributed by atoms with Crippen molar-refractivity contribution in [3.63, 3.8) is 0 Å². The number of hydrogen-bond acceptors (Lipinski definition) is 5. The number of carbonyl (C=O) groups excluding carboxylic acids is 3. The molecule has 0 atom stereocenters. The zero-order valence-corrected chi connectivity index (χ0v) is 11.5. The Balaban J connectivity index is 2.02. The lowest BCUT2D eigenvalue weighted by atomic mass is 10.1. The van der Waals surface area contributed by atoms with Crippen molar-refractivity contribution in [1.82, 2.24) is 10.3 Å². The Bertz CT molecular complexity index is 738. The van der Waals surface area contributed by atoms with Gasteiger partial charge in [-0.2, -0.15) is 0 Å². The van der Waals surface area contributed by atoms with Gasteiger partial charge in [0.15, 0.2) is 0 Å². The van der Waals surface area contributed by atoms with Crippen molar-refractivity contribution in [1.29, 1.82) is 0 Å². The van der Waals surface area contributed by atoms with Crippen LogP contribution in [0.1, 0.15) is 4.88 Å². The maximum absolute atomic E-state index is 12.4. The molecule has 104 valence electrons. The molecule has 0 radical (unpaired) electrons. The highest BCUT2D eigenvalue weighted by Crippen LogP contribution is 2.22. The molecule has 2 aromatic heterocycles. The van der Waals surface area contributed by atoms with Gasteiger partial charge in [0.1, 0.15) is 5.57 Å². The average Bonchev–Trinajstić information content (AvgIpc) is 2.97. The average molecular weight is 299 g/mol. The van der Waals surface area contributed by atoms with Crippen LogP contribution in [0.25, 0.3) is 6.08 Å². The molecule has 0 spiro atoms. The SMILES string of the molecule is O=C1NC(=O)N(c2ccncc2)C(=O)/C1=C/c1cccs1. The van der Waals surface area contributed by atoms with Crippen LogP contribution in [-0.4, -0.2) is 22.8 Å². The summed E-state index contributed by atoms with van der Waals surface area (Å²) < 4.78 is 0. The van der Waals surface area contributed by atoms with Crippen LogP contribution in [0.3, 0.4) is 0 Å². The number of anilines is 1. The fraction of sp³-hybridized carbons (Fsp3) is 0. The molecule has 3 rings (SSSR count). The highest BCUT2D eigenvalue weighted by Gasteiger charge is 2.36. The van der Waals surface area contributed by atoms with Gasteiger partial charge in [-0.1, -0.05) is 6.07 Å². The summed E-state index contributed by atoms with van der Waals surface area (Å²) in [6, 6.07) is 5.88. The second kappa shape index (κ2) is 5.29. The minimum atomic E-state index is -0.764. The molecule has 0 aromatic carbocycles. The van der Waals surface area contributed by atoms with Gasteiger partial charge in [-0.15, -0.1) is 11.3 Å². The summed E-state index contributed by atoms with van der Waals surface area (Å²) in [6.07, 6.45) is 4.41. The third-order valence-electron chi connectivity index (χ3n) is 2.85. The summed E-state index contributed by atoms with van der Waals surface area (Å²) in [7, 11) is 0. The van der Waals surface area contributed by atoms with Crippen molar-refractivity contribution >= 4 is 40.9 Å². The Morgan fingerprint density at radius 2 is 1.90 bits per heavy atom. The summed E-state index contributed by atoms with van der Waals surface area (Å²) in [5, 5.41) is 4.00. The number of imide groups is 2. The lowest BCUT2D eigenvalue weighted by Gasteiger charge is -2.26. The lowest BCUT2D eigenvalue weighted by molar-refractivity contribution is -0.122. The Labute approximate surface area is 123 Å². The molecule has 7 heteroatoms. The van der Waals surface area contributed by atoms with Gasteiger partial charge in [0.05, 0.1) is 5.69 Å². The molecule has 4 amide bonds. The number of aromatic nitrogens is 1. The standard InChI is InChI=1S/C14H9N3O3S/c18-12-11(8-10-2-1-7-21-10)13(19)17(14(20)16-12)9-3-5-15-6-4-9/h1-8H,(H,16,18,20)/b11-8+. The van der Waals surface area contributed by atoms with Crippen LogP contribution in [0, 0.1) is 0 Å². The molecule has 0 unspecified atom stereocenters. The highest BCUT2D eigenvalue weighted by atomic mass is 32.1. The molecule has 0 aliphatic carbocycles. The fourth-order valence-corrected chi connectivity index (χ4v) is 2.56. The Hall–Kier alpha value is -2.80. The molecule has 1 aliphatic rings. The van der Waals surface area contributed by atoms with Gasteiger partial charge in [-0.25, -0.2) is 9.69 Å². The maximum Gasteiger partial charge on any atom is 0.335 e.